The Morgan fingerprint density at radius 3 is 2.44 bits per heavy atom. The lowest BCUT2D eigenvalue weighted by atomic mass is 10.2. The molecule has 25 heavy (non-hydrogen) atoms. The molecule has 1 aliphatic rings. The number of halogens is 1. The summed E-state index contributed by atoms with van der Waals surface area (Å²) in [6, 6.07) is 9.29. The predicted molar refractivity (Wildman–Crippen MR) is 93.6 cm³/mol. The predicted octanol–water partition coefficient (Wildman–Crippen LogP) is 2.29. The SMILES string of the molecule is O=C(CN1CCN(C(=O)COc2ccc(F)cc2)CC1)c1cccs1. The highest BCUT2D eigenvalue weighted by Crippen LogP contribution is 2.13. The van der Waals surface area contributed by atoms with E-state index in [9.17, 15) is 14.0 Å². The van der Waals surface area contributed by atoms with Gasteiger partial charge in [0.2, 0.25) is 0 Å². The Morgan fingerprint density at radius 1 is 1.08 bits per heavy atom. The summed E-state index contributed by atoms with van der Waals surface area (Å²) >= 11 is 1.45. The third-order valence-electron chi connectivity index (χ3n) is 4.06. The first kappa shape index (κ1) is 17.6. The molecule has 7 heteroatoms. The summed E-state index contributed by atoms with van der Waals surface area (Å²) in [6.07, 6.45) is 0. The summed E-state index contributed by atoms with van der Waals surface area (Å²) in [5, 5.41) is 1.89. The van der Waals surface area contributed by atoms with E-state index in [4.69, 9.17) is 4.74 Å². The standard InChI is InChI=1S/C18H19FN2O3S/c19-14-3-5-15(6-4-14)24-13-18(23)21-9-7-20(8-10-21)12-16(22)17-2-1-11-25-17/h1-6,11H,7-10,12-13H2. The van der Waals surface area contributed by atoms with Crippen LogP contribution in [-0.2, 0) is 4.79 Å². The fourth-order valence-electron chi connectivity index (χ4n) is 2.64. The Bertz CT molecular complexity index is 710. The second kappa shape index (κ2) is 8.22. The summed E-state index contributed by atoms with van der Waals surface area (Å²) < 4.78 is 18.2. The van der Waals surface area contributed by atoms with E-state index < -0.39 is 0 Å². The van der Waals surface area contributed by atoms with Gasteiger partial charge >= 0.3 is 0 Å². The first-order valence-electron chi connectivity index (χ1n) is 8.07. The second-order valence-electron chi connectivity index (χ2n) is 5.80. The van der Waals surface area contributed by atoms with Crippen molar-refractivity contribution in [3.05, 3.63) is 52.5 Å². The third-order valence-corrected chi connectivity index (χ3v) is 4.98. The first-order valence-corrected chi connectivity index (χ1v) is 8.95. The van der Waals surface area contributed by atoms with Crippen LogP contribution in [0, 0.1) is 5.82 Å². The highest BCUT2D eigenvalue weighted by atomic mass is 32.1. The van der Waals surface area contributed by atoms with Gasteiger partial charge in [-0.3, -0.25) is 14.5 Å². The van der Waals surface area contributed by atoms with Gasteiger partial charge in [-0.05, 0) is 35.7 Å². The largest absolute Gasteiger partial charge is 0.484 e. The van der Waals surface area contributed by atoms with Crippen LogP contribution in [0.5, 0.6) is 5.75 Å². The molecule has 0 bridgehead atoms. The number of carbonyl (C=O) groups is 2. The van der Waals surface area contributed by atoms with E-state index >= 15 is 0 Å². The molecule has 1 aromatic carbocycles. The number of benzene rings is 1. The quantitative estimate of drug-likeness (QED) is 0.740. The van der Waals surface area contributed by atoms with Crippen molar-refractivity contribution < 1.29 is 18.7 Å². The van der Waals surface area contributed by atoms with Gasteiger partial charge in [-0.2, -0.15) is 0 Å². The third kappa shape index (κ3) is 4.87. The van der Waals surface area contributed by atoms with Gasteiger partial charge < -0.3 is 9.64 Å². The highest BCUT2D eigenvalue weighted by Gasteiger charge is 2.23. The lowest BCUT2D eigenvalue weighted by Crippen LogP contribution is -2.50. The van der Waals surface area contributed by atoms with Gasteiger partial charge in [0.25, 0.3) is 5.91 Å². The zero-order valence-corrected chi connectivity index (χ0v) is 14.5. The van der Waals surface area contributed by atoms with E-state index in [2.05, 4.69) is 4.90 Å². The molecule has 132 valence electrons. The topological polar surface area (TPSA) is 49.9 Å². The first-order chi connectivity index (χ1) is 12.1. The number of hydrogen-bond donors (Lipinski definition) is 0. The number of nitrogens with zero attached hydrogens (tertiary/aromatic N) is 2. The van der Waals surface area contributed by atoms with Crippen LogP contribution in [0.4, 0.5) is 4.39 Å². The lowest BCUT2D eigenvalue weighted by Gasteiger charge is -2.34. The molecule has 1 fully saturated rings. The van der Waals surface area contributed by atoms with Crippen molar-refractivity contribution in [2.75, 3.05) is 39.3 Å². The number of thiophene rings is 1. The van der Waals surface area contributed by atoms with Gasteiger partial charge in [0.1, 0.15) is 11.6 Å². The molecule has 0 N–H and O–H groups in total. The Labute approximate surface area is 149 Å². The number of rotatable bonds is 6. The molecule has 0 atom stereocenters. The number of ether oxygens (including phenoxy) is 1. The van der Waals surface area contributed by atoms with Crippen LogP contribution in [0.15, 0.2) is 41.8 Å². The molecule has 2 aromatic rings. The van der Waals surface area contributed by atoms with Crippen LogP contribution in [0.25, 0.3) is 0 Å². The maximum absolute atomic E-state index is 12.8. The maximum atomic E-state index is 12.8. The number of amides is 1. The molecular weight excluding hydrogens is 343 g/mol. The molecule has 3 rings (SSSR count). The fourth-order valence-corrected chi connectivity index (χ4v) is 3.30. The molecule has 0 saturated carbocycles. The number of ketones is 1. The molecule has 0 spiro atoms. The molecule has 1 amide bonds. The lowest BCUT2D eigenvalue weighted by molar-refractivity contribution is -0.135. The van der Waals surface area contributed by atoms with E-state index in [1.54, 1.807) is 4.90 Å². The van der Waals surface area contributed by atoms with Crippen molar-refractivity contribution in [1.29, 1.82) is 0 Å². The molecule has 0 unspecified atom stereocenters. The van der Waals surface area contributed by atoms with E-state index in [1.807, 2.05) is 17.5 Å². The zero-order valence-electron chi connectivity index (χ0n) is 13.7. The molecular formula is C18H19FN2O3S. The maximum Gasteiger partial charge on any atom is 0.260 e. The van der Waals surface area contributed by atoms with Gasteiger partial charge in [-0.25, -0.2) is 4.39 Å². The van der Waals surface area contributed by atoms with Crippen molar-refractivity contribution >= 4 is 23.0 Å². The average Bonchev–Trinajstić information content (AvgIpc) is 3.16. The van der Waals surface area contributed by atoms with E-state index in [0.717, 1.165) is 4.88 Å². The minimum atomic E-state index is -0.341. The number of piperazine rings is 1. The van der Waals surface area contributed by atoms with E-state index in [0.29, 0.717) is 38.5 Å². The normalized spacial score (nSPS) is 15.2. The highest BCUT2D eigenvalue weighted by molar-refractivity contribution is 7.12. The van der Waals surface area contributed by atoms with Crippen molar-refractivity contribution in [1.82, 2.24) is 9.80 Å². The van der Waals surface area contributed by atoms with Crippen LogP contribution in [0.2, 0.25) is 0 Å². The van der Waals surface area contributed by atoms with Gasteiger partial charge in [0.05, 0.1) is 11.4 Å². The van der Waals surface area contributed by atoms with Crippen LogP contribution in [-0.4, -0.2) is 60.8 Å². The molecule has 1 aromatic heterocycles. The smallest absolute Gasteiger partial charge is 0.260 e. The minimum absolute atomic E-state index is 0.0697. The van der Waals surface area contributed by atoms with Gasteiger partial charge in [-0.1, -0.05) is 6.07 Å². The summed E-state index contributed by atoms with van der Waals surface area (Å²) in [4.78, 5) is 28.9. The summed E-state index contributed by atoms with van der Waals surface area (Å²) in [7, 11) is 0. The monoisotopic (exact) mass is 362 g/mol. The van der Waals surface area contributed by atoms with Crippen LogP contribution >= 0.6 is 11.3 Å². The van der Waals surface area contributed by atoms with E-state index in [1.165, 1.54) is 35.6 Å². The van der Waals surface area contributed by atoms with Crippen LogP contribution in [0.1, 0.15) is 9.67 Å². The second-order valence-corrected chi connectivity index (χ2v) is 6.75. The Morgan fingerprint density at radius 2 is 1.80 bits per heavy atom. The fraction of sp³-hybridized carbons (Fsp3) is 0.333. The van der Waals surface area contributed by atoms with E-state index in [-0.39, 0.29) is 24.1 Å². The molecule has 2 heterocycles. The molecule has 1 saturated heterocycles. The summed E-state index contributed by atoms with van der Waals surface area (Å²) in [5.41, 5.74) is 0. The van der Waals surface area contributed by atoms with Crippen molar-refractivity contribution in [3.8, 4) is 5.75 Å². The van der Waals surface area contributed by atoms with Crippen molar-refractivity contribution in [2.24, 2.45) is 0 Å². The van der Waals surface area contributed by atoms with Gasteiger partial charge in [0, 0.05) is 26.2 Å². The number of hydrogen-bond acceptors (Lipinski definition) is 5. The van der Waals surface area contributed by atoms with Gasteiger partial charge in [-0.15, -0.1) is 11.3 Å². The van der Waals surface area contributed by atoms with Crippen LogP contribution in [0.3, 0.4) is 0 Å². The summed E-state index contributed by atoms with van der Waals surface area (Å²) in [6.45, 7) is 2.79. The molecule has 0 aliphatic carbocycles. The average molecular weight is 362 g/mol. The zero-order chi connectivity index (χ0) is 17.6. The van der Waals surface area contributed by atoms with Crippen molar-refractivity contribution in [3.63, 3.8) is 0 Å². The van der Waals surface area contributed by atoms with Crippen molar-refractivity contribution in [2.45, 2.75) is 0 Å². The molecule has 5 nitrogen and oxygen atoms in total. The Balaban J connectivity index is 1.41. The van der Waals surface area contributed by atoms with Crippen LogP contribution < -0.4 is 4.74 Å². The minimum Gasteiger partial charge on any atom is -0.484 e. The summed E-state index contributed by atoms with van der Waals surface area (Å²) in [5.74, 6) is 0.143. The molecule has 0 radical (unpaired) electrons. The Hall–Kier alpha value is -2.25. The number of carbonyl (C=O) groups excluding carboxylic acids is 2. The number of Topliss-reactive ketones (excluding diaryl/α,β-unsaturated/α-hetero) is 1. The molecule has 1 aliphatic heterocycles. The Kier molecular flexibility index (Phi) is 5.78. The van der Waals surface area contributed by atoms with Gasteiger partial charge in [0.15, 0.2) is 12.4 Å².